The molecule has 0 spiro atoms. The van der Waals surface area contributed by atoms with Gasteiger partial charge in [0.2, 0.25) is 5.84 Å². The van der Waals surface area contributed by atoms with E-state index in [0.29, 0.717) is 34.5 Å². The first-order valence-corrected chi connectivity index (χ1v) is 10.6. The number of thioether (sulfide) groups is 1. The van der Waals surface area contributed by atoms with Gasteiger partial charge in [-0.25, -0.2) is 9.79 Å². The van der Waals surface area contributed by atoms with Crippen LogP contribution in [0.2, 0.25) is 0 Å². The van der Waals surface area contributed by atoms with Crippen molar-refractivity contribution in [2.75, 3.05) is 14.1 Å². The van der Waals surface area contributed by atoms with Crippen LogP contribution in [0.3, 0.4) is 0 Å². The van der Waals surface area contributed by atoms with Crippen LogP contribution in [0.5, 0.6) is 0 Å². The van der Waals surface area contributed by atoms with Crippen LogP contribution in [0.1, 0.15) is 38.3 Å². The molecule has 3 rings (SSSR count). The highest BCUT2D eigenvalue weighted by molar-refractivity contribution is 8.13. The van der Waals surface area contributed by atoms with Gasteiger partial charge in [-0.05, 0) is 23.1 Å². The number of amides is 3. The summed E-state index contributed by atoms with van der Waals surface area (Å²) in [6, 6.07) is 4.43. The zero-order valence-electron chi connectivity index (χ0n) is 17.9. The Bertz CT molecular complexity index is 1000. The number of hydrogen-bond donors (Lipinski definition) is 0. The zero-order valence-corrected chi connectivity index (χ0v) is 18.8. The lowest BCUT2D eigenvalue weighted by Crippen LogP contribution is -2.54. The minimum Gasteiger partial charge on any atom is -0.255 e. The molecule has 3 amide bonds. The molecule has 2 aliphatic rings. The molecule has 1 atom stereocenters. The van der Waals surface area contributed by atoms with E-state index in [1.165, 1.54) is 35.5 Å². The number of carbonyl (C=O) groups excluding carboxylic acids is 2. The van der Waals surface area contributed by atoms with E-state index in [1.807, 2.05) is 20.8 Å². The van der Waals surface area contributed by atoms with Gasteiger partial charge in [-0.2, -0.15) is 22.6 Å². The molecule has 0 N–H and O–H groups in total. The van der Waals surface area contributed by atoms with Gasteiger partial charge >= 0.3 is 18.1 Å². The Hall–Kier alpha value is -2.49. The lowest BCUT2D eigenvalue weighted by atomic mass is 9.91. The number of rotatable bonds is 3. The third kappa shape index (κ3) is 5.06. The molecule has 0 saturated heterocycles. The van der Waals surface area contributed by atoms with Crippen LogP contribution < -0.4 is 0 Å². The molecule has 6 nitrogen and oxygen atoms in total. The van der Waals surface area contributed by atoms with Gasteiger partial charge in [0.25, 0.3) is 5.84 Å². The van der Waals surface area contributed by atoms with Crippen LogP contribution in [0.25, 0.3) is 0 Å². The average molecular weight is 454 g/mol. The van der Waals surface area contributed by atoms with Gasteiger partial charge < -0.3 is 0 Å². The lowest BCUT2D eigenvalue weighted by Gasteiger charge is -2.27. The van der Waals surface area contributed by atoms with E-state index in [2.05, 4.69) is 9.98 Å². The van der Waals surface area contributed by atoms with E-state index in [0.717, 1.165) is 17.0 Å². The van der Waals surface area contributed by atoms with Crippen molar-refractivity contribution in [2.45, 2.75) is 39.1 Å². The first-order chi connectivity index (χ1) is 14.3. The van der Waals surface area contributed by atoms with Crippen molar-refractivity contribution in [1.82, 2.24) is 4.90 Å². The molecule has 0 fully saturated rings. The number of aliphatic imine (C=N–C) groups is 2. The van der Waals surface area contributed by atoms with E-state index in [9.17, 15) is 22.8 Å². The number of nitrogens with zero attached hydrogens (tertiary/aromatic N) is 4. The normalized spacial score (nSPS) is 20.0. The summed E-state index contributed by atoms with van der Waals surface area (Å²) in [7, 11) is 2.97. The predicted octanol–water partition coefficient (Wildman–Crippen LogP) is 4.43. The molecule has 0 radical (unpaired) electrons. The molecule has 1 aromatic rings. The van der Waals surface area contributed by atoms with Crippen LogP contribution >= 0.6 is 11.8 Å². The van der Waals surface area contributed by atoms with Crippen molar-refractivity contribution >= 4 is 40.4 Å². The Labute approximate surface area is 182 Å². The second kappa shape index (κ2) is 8.22. The summed E-state index contributed by atoms with van der Waals surface area (Å²) in [6.07, 6.45) is -3.85. The van der Waals surface area contributed by atoms with Gasteiger partial charge in [0.1, 0.15) is 5.04 Å². The first-order valence-electron chi connectivity index (χ1n) is 9.65. The fourth-order valence-corrected chi connectivity index (χ4v) is 4.29. The zero-order chi connectivity index (χ0) is 23.1. The third-order valence-electron chi connectivity index (χ3n) is 4.84. The molecule has 0 saturated carbocycles. The molecule has 1 aromatic carbocycles. The highest BCUT2D eigenvalue weighted by Crippen LogP contribution is 2.32. The second-order valence-corrected chi connectivity index (χ2v) is 9.72. The molecule has 0 aromatic heterocycles. The second-order valence-electron chi connectivity index (χ2n) is 8.73. The minimum atomic E-state index is -4.39. The number of alkyl halides is 3. The summed E-state index contributed by atoms with van der Waals surface area (Å²) >= 11 is 1.27. The molecular weight excluding hydrogens is 429 g/mol. The van der Waals surface area contributed by atoms with Crippen LogP contribution in [0.15, 0.2) is 34.3 Å². The quantitative estimate of drug-likeness (QED) is 0.636. The standard InChI is InChI=1S/C21H24F3N4O2S/c1-20(2,3)10-14-25-16-15(18(29)28(5)19(30)27(16)4)17(26-14)31-11-12-6-8-13(9-7-12)21(22,23)24/h6-9,15H,10-11H2,1-5H3/q+1. The summed E-state index contributed by atoms with van der Waals surface area (Å²) in [5.74, 6) is -0.0489. The van der Waals surface area contributed by atoms with Crippen molar-refractivity contribution in [3.63, 3.8) is 0 Å². The van der Waals surface area contributed by atoms with Gasteiger partial charge in [0.15, 0.2) is 5.92 Å². The molecule has 10 heteroatoms. The number of hydrogen-bond acceptors (Lipinski definition) is 5. The van der Waals surface area contributed by atoms with Crippen molar-refractivity contribution in [3.05, 3.63) is 35.4 Å². The Kier molecular flexibility index (Phi) is 6.14. The van der Waals surface area contributed by atoms with Crippen molar-refractivity contribution in [1.29, 1.82) is 0 Å². The molecular formula is C21H24F3N4O2S+. The first kappa shape index (κ1) is 23.2. The van der Waals surface area contributed by atoms with Crippen LogP contribution in [0, 0.1) is 11.3 Å². The summed E-state index contributed by atoms with van der Waals surface area (Å²) in [6.45, 7) is 6.10. The van der Waals surface area contributed by atoms with Crippen molar-refractivity contribution in [3.8, 4) is 0 Å². The number of amidine groups is 2. The van der Waals surface area contributed by atoms with E-state index in [4.69, 9.17) is 0 Å². The van der Waals surface area contributed by atoms with Crippen molar-refractivity contribution < 1.29 is 27.3 Å². The summed E-state index contributed by atoms with van der Waals surface area (Å²) in [5.41, 5.74) is -0.157. The number of benzene rings is 1. The highest BCUT2D eigenvalue weighted by atomic mass is 32.2. The Balaban J connectivity index is 1.92. The topological polar surface area (TPSA) is 65.1 Å². The molecule has 2 heterocycles. The molecule has 2 aliphatic heterocycles. The fourth-order valence-electron chi connectivity index (χ4n) is 3.24. The maximum atomic E-state index is 12.9. The lowest BCUT2D eigenvalue weighted by molar-refractivity contribution is -0.407. The largest absolute Gasteiger partial charge is 0.445 e. The molecule has 0 aliphatic carbocycles. The van der Waals surface area contributed by atoms with E-state index in [-0.39, 0.29) is 5.41 Å². The van der Waals surface area contributed by atoms with E-state index < -0.39 is 29.6 Å². The van der Waals surface area contributed by atoms with Crippen molar-refractivity contribution in [2.24, 2.45) is 21.3 Å². The maximum Gasteiger partial charge on any atom is 0.445 e. The summed E-state index contributed by atoms with van der Waals surface area (Å²) in [5, 5.41) is 0.486. The SMILES string of the molecule is CN1C(=O)C2C(SCc3ccc(C(F)(F)F)cc3)=NC(CC(C)(C)C)=NC2=[N+](C)C1=O. The van der Waals surface area contributed by atoms with Crippen LogP contribution in [0.4, 0.5) is 18.0 Å². The maximum absolute atomic E-state index is 12.9. The number of urea groups is 1. The van der Waals surface area contributed by atoms with Gasteiger partial charge in [-0.15, -0.1) is 11.8 Å². The highest BCUT2D eigenvalue weighted by Gasteiger charge is 2.49. The van der Waals surface area contributed by atoms with E-state index in [1.54, 1.807) is 7.05 Å². The van der Waals surface area contributed by atoms with E-state index >= 15 is 0 Å². The number of fused-ring (bicyclic) bond motifs is 1. The minimum absolute atomic E-state index is 0.114. The molecule has 31 heavy (non-hydrogen) atoms. The molecule has 1 unspecified atom stereocenters. The number of carbonyl (C=O) groups is 2. The van der Waals surface area contributed by atoms with Crippen LogP contribution in [-0.2, 0) is 16.7 Å². The number of halogens is 3. The fraction of sp³-hybridized carbons (Fsp3) is 0.476. The Morgan fingerprint density at radius 3 is 2.26 bits per heavy atom. The van der Waals surface area contributed by atoms with Gasteiger partial charge in [-0.1, -0.05) is 37.9 Å². The molecule has 0 bridgehead atoms. The smallest absolute Gasteiger partial charge is 0.255 e. The van der Waals surface area contributed by atoms with Gasteiger partial charge in [0.05, 0.1) is 19.7 Å². The predicted molar refractivity (Wildman–Crippen MR) is 115 cm³/mol. The van der Waals surface area contributed by atoms with Gasteiger partial charge in [0, 0.05) is 12.2 Å². The summed E-state index contributed by atoms with van der Waals surface area (Å²) in [4.78, 5) is 35.4. The monoisotopic (exact) mass is 453 g/mol. The Morgan fingerprint density at radius 2 is 1.71 bits per heavy atom. The Morgan fingerprint density at radius 1 is 1.10 bits per heavy atom. The summed E-state index contributed by atoms with van der Waals surface area (Å²) < 4.78 is 39.7. The average Bonchev–Trinajstić information content (AvgIpc) is 2.67. The van der Waals surface area contributed by atoms with Gasteiger partial charge in [-0.3, -0.25) is 4.79 Å². The van der Waals surface area contributed by atoms with Crippen LogP contribution in [-0.4, -0.2) is 52.2 Å². The number of imide groups is 1. The molecule has 166 valence electrons. The third-order valence-corrected chi connectivity index (χ3v) is 5.94.